The van der Waals surface area contributed by atoms with Gasteiger partial charge in [-0.05, 0) is 24.1 Å². The molecule has 0 N–H and O–H groups in total. The van der Waals surface area contributed by atoms with Gasteiger partial charge in [0.05, 0.1) is 23.6 Å². The Kier molecular flexibility index (Phi) is 7.51. The van der Waals surface area contributed by atoms with E-state index in [1.54, 1.807) is 4.57 Å². The maximum absolute atomic E-state index is 13.6. The van der Waals surface area contributed by atoms with Crippen LogP contribution >= 0.6 is 27.3 Å². The van der Waals surface area contributed by atoms with Gasteiger partial charge in [0.15, 0.2) is 8.32 Å². The van der Waals surface area contributed by atoms with E-state index in [1.807, 2.05) is 13.8 Å². The predicted molar refractivity (Wildman–Crippen MR) is 138 cm³/mol. The van der Waals surface area contributed by atoms with Crippen molar-refractivity contribution in [1.82, 2.24) is 14.2 Å². The molecule has 0 saturated carbocycles. The van der Waals surface area contributed by atoms with E-state index in [1.165, 1.54) is 23.4 Å². The lowest BCUT2D eigenvalue weighted by molar-refractivity contribution is -0.0777. The molecular formula is C22H34BrN3O5SSi. The molecule has 1 fully saturated rings. The Bertz CT molecular complexity index is 1180. The quantitative estimate of drug-likeness (QED) is 0.393. The maximum atomic E-state index is 13.6. The van der Waals surface area contributed by atoms with E-state index in [0.29, 0.717) is 40.3 Å². The molecule has 1 amide bonds. The first kappa shape index (κ1) is 26.3. The molecule has 2 aromatic rings. The summed E-state index contributed by atoms with van der Waals surface area (Å²) in [5.41, 5.74) is -0.532. The van der Waals surface area contributed by atoms with Crippen LogP contribution in [0.4, 0.5) is 0 Å². The molecule has 1 aliphatic rings. The Hall–Kier alpha value is -1.27. The number of aromatic nitrogens is 2. The summed E-state index contributed by atoms with van der Waals surface area (Å²) >= 11 is 4.76. The Morgan fingerprint density at radius 3 is 2.48 bits per heavy atom. The summed E-state index contributed by atoms with van der Waals surface area (Å²) in [6.07, 6.45) is -0.214. The number of fused-ring (bicyclic) bond motifs is 1. The zero-order valence-corrected chi connectivity index (χ0v) is 24.1. The number of hydrogen-bond acceptors (Lipinski definition) is 6. The van der Waals surface area contributed by atoms with Crippen LogP contribution in [0.5, 0.6) is 0 Å². The van der Waals surface area contributed by atoms with Gasteiger partial charge >= 0.3 is 5.69 Å². The van der Waals surface area contributed by atoms with E-state index >= 15 is 0 Å². The molecular weight excluding hydrogens is 526 g/mol. The molecule has 11 heteroatoms. The molecule has 2 aromatic heterocycles. The maximum Gasteiger partial charge on any atom is 0.331 e. The average Bonchev–Trinajstić information content (AvgIpc) is 3.32. The van der Waals surface area contributed by atoms with E-state index < -0.39 is 13.9 Å². The number of amides is 1. The first-order chi connectivity index (χ1) is 15.2. The molecule has 0 aromatic carbocycles. The molecule has 0 unspecified atom stereocenters. The molecule has 1 atom stereocenters. The summed E-state index contributed by atoms with van der Waals surface area (Å²) < 4.78 is 9.11. The molecule has 184 valence electrons. The van der Waals surface area contributed by atoms with Gasteiger partial charge in [-0.25, -0.2) is 9.86 Å². The molecule has 3 rings (SSSR count). The monoisotopic (exact) mass is 559 g/mol. The summed E-state index contributed by atoms with van der Waals surface area (Å²) in [6.45, 7) is 15.9. The van der Waals surface area contributed by atoms with Gasteiger partial charge < -0.3 is 4.43 Å². The fourth-order valence-electron chi connectivity index (χ4n) is 3.62. The highest BCUT2D eigenvalue weighted by Crippen LogP contribution is 2.38. The third-order valence-corrected chi connectivity index (χ3v) is 13.1. The minimum Gasteiger partial charge on any atom is -0.410 e. The Balaban J connectivity index is 2.02. The van der Waals surface area contributed by atoms with Crippen molar-refractivity contribution in [2.45, 2.75) is 70.7 Å². The standard InChI is InChI=1S/C22H34BrN3O5SSi/c1-13(2)10-25-20-17(18(27)24(6)21(25)29)16(15(9-23)32-20)19(28)26-11-14(12-30-26)31-33(7,8)22(3,4)5/h13-14H,9-12H2,1-8H3/t14-/m0/s1. The lowest BCUT2D eigenvalue weighted by atomic mass is 10.1. The summed E-state index contributed by atoms with van der Waals surface area (Å²) in [4.78, 5) is 46.5. The Morgan fingerprint density at radius 2 is 1.94 bits per heavy atom. The number of hydrogen-bond donors (Lipinski definition) is 0. The Morgan fingerprint density at radius 1 is 1.30 bits per heavy atom. The summed E-state index contributed by atoms with van der Waals surface area (Å²) in [5.74, 6) is -0.170. The molecule has 1 saturated heterocycles. The van der Waals surface area contributed by atoms with E-state index in [9.17, 15) is 14.4 Å². The number of carbonyl (C=O) groups is 1. The lowest BCUT2D eigenvalue weighted by Crippen LogP contribution is -2.45. The van der Waals surface area contributed by atoms with Crippen molar-refractivity contribution in [3.63, 3.8) is 0 Å². The van der Waals surface area contributed by atoms with Gasteiger partial charge in [-0.15, -0.1) is 11.3 Å². The number of nitrogens with zero attached hydrogens (tertiary/aromatic N) is 3. The van der Waals surface area contributed by atoms with Crippen molar-refractivity contribution >= 4 is 51.7 Å². The average molecular weight is 561 g/mol. The number of carbonyl (C=O) groups excluding carboxylic acids is 1. The zero-order valence-electron chi connectivity index (χ0n) is 20.7. The van der Waals surface area contributed by atoms with Gasteiger partial charge in [-0.1, -0.05) is 50.5 Å². The fraction of sp³-hybridized carbons (Fsp3) is 0.682. The van der Waals surface area contributed by atoms with Crippen molar-refractivity contribution in [2.24, 2.45) is 13.0 Å². The molecule has 1 aliphatic heterocycles. The van der Waals surface area contributed by atoms with Crippen LogP contribution in [0.15, 0.2) is 9.59 Å². The molecule has 3 heterocycles. The second kappa shape index (κ2) is 9.41. The number of alkyl halides is 1. The van der Waals surface area contributed by atoms with Crippen molar-refractivity contribution < 1.29 is 14.1 Å². The highest BCUT2D eigenvalue weighted by atomic mass is 79.9. The van der Waals surface area contributed by atoms with Crippen LogP contribution in [-0.4, -0.2) is 47.7 Å². The van der Waals surface area contributed by atoms with Crippen LogP contribution in [0.25, 0.3) is 10.2 Å². The smallest absolute Gasteiger partial charge is 0.331 e. The van der Waals surface area contributed by atoms with Crippen LogP contribution in [0, 0.1) is 5.92 Å². The van der Waals surface area contributed by atoms with Gasteiger partial charge in [0, 0.05) is 23.8 Å². The van der Waals surface area contributed by atoms with Gasteiger partial charge in [0.25, 0.3) is 11.5 Å². The number of rotatable bonds is 6. The largest absolute Gasteiger partial charge is 0.410 e. The third kappa shape index (κ3) is 4.93. The normalized spacial score (nSPS) is 17.5. The second-order valence-electron chi connectivity index (χ2n) is 10.5. The minimum absolute atomic E-state index is 0.0450. The summed E-state index contributed by atoms with van der Waals surface area (Å²) in [7, 11) is -0.568. The third-order valence-electron chi connectivity index (χ3n) is 6.41. The van der Waals surface area contributed by atoms with E-state index in [4.69, 9.17) is 9.26 Å². The van der Waals surface area contributed by atoms with Crippen LogP contribution in [0.2, 0.25) is 18.1 Å². The number of hydroxylamine groups is 2. The first-order valence-electron chi connectivity index (χ1n) is 11.1. The van der Waals surface area contributed by atoms with E-state index in [-0.39, 0.29) is 34.0 Å². The number of halogens is 1. The fourth-order valence-corrected chi connectivity index (χ4v) is 6.70. The molecule has 33 heavy (non-hydrogen) atoms. The molecule has 0 radical (unpaired) electrons. The molecule has 0 aliphatic carbocycles. The topological polar surface area (TPSA) is 82.8 Å². The first-order valence-corrected chi connectivity index (χ1v) is 16.0. The molecule has 0 spiro atoms. The lowest BCUT2D eigenvalue weighted by Gasteiger charge is -2.37. The highest BCUT2D eigenvalue weighted by Gasteiger charge is 2.42. The van der Waals surface area contributed by atoms with Gasteiger partial charge in [-0.2, -0.15) is 0 Å². The van der Waals surface area contributed by atoms with Crippen LogP contribution < -0.4 is 11.2 Å². The molecule has 0 bridgehead atoms. The summed E-state index contributed by atoms with van der Waals surface area (Å²) in [5, 5.41) is 2.02. The van der Waals surface area contributed by atoms with Gasteiger partial charge in [0.2, 0.25) is 0 Å². The van der Waals surface area contributed by atoms with Crippen molar-refractivity contribution in [3.8, 4) is 0 Å². The number of thiophene rings is 1. The second-order valence-corrected chi connectivity index (χ2v) is 16.9. The molecule has 8 nitrogen and oxygen atoms in total. The van der Waals surface area contributed by atoms with Crippen molar-refractivity contribution in [2.75, 3.05) is 13.2 Å². The van der Waals surface area contributed by atoms with Crippen LogP contribution in [0.3, 0.4) is 0 Å². The van der Waals surface area contributed by atoms with E-state index in [2.05, 4.69) is 49.8 Å². The zero-order chi connectivity index (χ0) is 24.9. The SMILES string of the molecule is CC(C)Cn1c(=O)n(C)c(=O)c2c(C(=O)N3C[C@H](O[Si](C)(C)C(C)(C)C)CO3)c(CBr)sc21. The van der Waals surface area contributed by atoms with Crippen LogP contribution in [-0.2, 0) is 28.2 Å². The van der Waals surface area contributed by atoms with Crippen molar-refractivity contribution in [3.05, 3.63) is 31.3 Å². The summed E-state index contributed by atoms with van der Waals surface area (Å²) in [6, 6.07) is 0. The van der Waals surface area contributed by atoms with Gasteiger partial charge in [-0.3, -0.25) is 23.6 Å². The predicted octanol–water partition coefficient (Wildman–Crippen LogP) is 4.09. The Labute approximate surface area is 207 Å². The highest BCUT2D eigenvalue weighted by molar-refractivity contribution is 9.08. The van der Waals surface area contributed by atoms with Crippen molar-refractivity contribution in [1.29, 1.82) is 0 Å². The van der Waals surface area contributed by atoms with Gasteiger partial charge in [0.1, 0.15) is 11.4 Å². The van der Waals surface area contributed by atoms with Crippen LogP contribution in [0.1, 0.15) is 49.9 Å². The van der Waals surface area contributed by atoms with E-state index in [0.717, 1.165) is 4.57 Å². The minimum atomic E-state index is -2.02.